The molecule has 0 bridgehead atoms. The first-order chi connectivity index (χ1) is 5.75. The molecule has 4 nitrogen and oxygen atoms in total. The second-order valence-electron chi connectivity index (χ2n) is 2.15. The maximum atomic E-state index is 11.7. The van der Waals surface area contributed by atoms with Crippen molar-refractivity contribution >= 4 is 69.8 Å². The Morgan fingerprint density at radius 3 is 2.38 bits per heavy atom. The second-order valence-corrected chi connectivity index (χ2v) is 13.8. The summed E-state index contributed by atoms with van der Waals surface area (Å²) in [6.45, 7) is 1.81. The van der Waals surface area contributed by atoms with Crippen LogP contribution in [0.2, 0.25) is 0 Å². The molecule has 0 radical (unpaired) electrons. The van der Waals surface area contributed by atoms with Crippen molar-refractivity contribution in [2.24, 2.45) is 0 Å². The third kappa shape index (κ3) is 2.63. The fraction of sp³-hybridized carbons (Fsp3) is 0.500. The maximum Gasteiger partial charge on any atom is 0.277 e. The highest BCUT2D eigenvalue weighted by molar-refractivity contribution is 9.42. The molecule has 0 spiro atoms. The van der Waals surface area contributed by atoms with Gasteiger partial charge in [0.15, 0.2) is 0 Å². The zero-order valence-electron chi connectivity index (χ0n) is 6.29. The van der Waals surface area contributed by atoms with E-state index in [4.69, 9.17) is 0 Å². The van der Waals surface area contributed by atoms with Gasteiger partial charge in [-0.2, -0.15) is 0 Å². The summed E-state index contributed by atoms with van der Waals surface area (Å²) in [5, 5.41) is 0. The Morgan fingerprint density at radius 2 is 2.08 bits per heavy atom. The van der Waals surface area contributed by atoms with Gasteiger partial charge < -0.3 is 5.43 Å². The van der Waals surface area contributed by atoms with Crippen LogP contribution in [0.3, 0.4) is 0 Å². The standard InChI is InChI=1S/C4H5Br3N2O2S2/c1-3-2-8-9(12-3)13(10,11)4(5,6)7/h2,8H,1H3. The first kappa shape index (κ1) is 12.3. The molecule has 13 heavy (non-hydrogen) atoms. The Kier molecular flexibility index (Phi) is 3.80. The number of sulfonamides is 1. The number of nitrogens with one attached hydrogen (secondary N) is 1. The molecular weight excluding hydrogens is 412 g/mol. The number of halogens is 3. The number of nitrogens with zero attached hydrogens (tertiary/aromatic N) is 1. The lowest BCUT2D eigenvalue weighted by molar-refractivity contribution is 0.523. The molecule has 1 aliphatic heterocycles. The molecule has 1 rings (SSSR count). The lowest BCUT2D eigenvalue weighted by Gasteiger charge is -2.20. The second kappa shape index (κ2) is 4.01. The molecule has 0 aromatic carbocycles. The van der Waals surface area contributed by atoms with Crippen molar-refractivity contribution in [1.29, 1.82) is 0 Å². The monoisotopic (exact) mass is 414 g/mol. The molecule has 0 saturated carbocycles. The third-order valence-electron chi connectivity index (χ3n) is 1.11. The van der Waals surface area contributed by atoms with Gasteiger partial charge in [0, 0.05) is 11.1 Å². The van der Waals surface area contributed by atoms with Gasteiger partial charge in [0.05, 0.1) is 0 Å². The summed E-state index contributed by atoms with van der Waals surface area (Å²) >= 11 is 9.98. The number of hydrogen-bond acceptors (Lipinski definition) is 4. The Balaban J connectivity index is 2.87. The summed E-state index contributed by atoms with van der Waals surface area (Å²) in [5.74, 6) is 0. The van der Waals surface area contributed by atoms with E-state index in [0.29, 0.717) is 0 Å². The first-order valence-electron chi connectivity index (χ1n) is 2.97. The van der Waals surface area contributed by atoms with Crippen LogP contribution >= 0.6 is 59.7 Å². The van der Waals surface area contributed by atoms with Crippen molar-refractivity contribution in [2.75, 3.05) is 0 Å². The van der Waals surface area contributed by atoms with E-state index in [9.17, 15) is 8.42 Å². The van der Waals surface area contributed by atoms with Crippen molar-refractivity contribution in [2.45, 2.75) is 8.40 Å². The van der Waals surface area contributed by atoms with Crippen molar-refractivity contribution in [3.05, 3.63) is 11.1 Å². The zero-order valence-corrected chi connectivity index (χ0v) is 12.7. The molecule has 0 saturated heterocycles. The molecule has 0 atom stereocenters. The smallest absolute Gasteiger partial charge is 0.277 e. The van der Waals surface area contributed by atoms with Gasteiger partial charge in [-0.05, 0) is 70.5 Å². The average Bonchev–Trinajstić information content (AvgIpc) is 2.33. The van der Waals surface area contributed by atoms with E-state index in [2.05, 4.69) is 53.2 Å². The topological polar surface area (TPSA) is 49.4 Å². The Labute approximate surface area is 106 Å². The minimum atomic E-state index is -3.53. The minimum Gasteiger partial charge on any atom is -0.302 e. The summed E-state index contributed by atoms with van der Waals surface area (Å²) in [7, 11) is -3.53. The summed E-state index contributed by atoms with van der Waals surface area (Å²) in [5.41, 5.74) is 2.61. The van der Waals surface area contributed by atoms with E-state index in [-0.39, 0.29) is 0 Å². The van der Waals surface area contributed by atoms with Crippen LogP contribution in [-0.2, 0) is 10.0 Å². The first-order valence-corrected chi connectivity index (χ1v) is 7.57. The molecule has 76 valence electrons. The van der Waals surface area contributed by atoms with Gasteiger partial charge in [-0.15, -0.1) is 0 Å². The summed E-state index contributed by atoms with van der Waals surface area (Å²) in [6.07, 6.45) is 1.61. The molecule has 1 aliphatic rings. The van der Waals surface area contributed by atoms with E-state index in [1.807, 2.05) is 6.92 Å². The van der Waals surface area contributed by atoms with Crippen molar-refractivity contribution in [3.63, 3.8) is 0 Å². The molecule has 0 aromatic rings. The predicted molar refractivity (Wildman–Crippen MR) is 64.8 cm³/mol. The lowest BCUT2D eigenvalue weighted by atomic mass is 10.7. The highest BCUT2D eigenvalue weighted by Gasteiger charge is 2.43. The SMILES string of the molecule is CC1=CNN(S(=O)(=O)C(Br)(Br)Br)S1. The van der Waals surface area contributed by atoms with Crippen LogP contribution < -0.4 is 5.43 Å². The normalized spacial score (nSPS) is 19.8. The van der Waals surface area contributed by atoms with Crippen molar-refractivity contribution < 1.29 is 8.42 Å². The number of alkyl halides is 3. The number of allylic oxidation sites excluding steroid dienone is 1. The van der Waals surface area contributed by atoms with Crippen molar-refractivity contribution in [1.82, 2.24) is 9.25 Å². The molecule has 1 heterocycles. The van der Waals surface area contributed by atoms with Gasteiger partial charge in [-0.1, -0.05) is 0 Å². The Bertz CT molecular complexity index is 334. The summed E-state index contributed by atoms with van der Waals surface area (Å²) < 4.78 is 23.1. The van der Waals surface area contributed by atoms with Crippen molar-refractivity contribution in [3.8, 4) is 0 Å². The van der Waals surface area contributed by atoms with Crippen LogP contribution in [0.5, 0.6) is 0 Å². The fourth-order valence-corrected chi connectivity index (χ4v) is 4.64. The quantitative estimate of drug-likeness (QED) is 0.527. The van der Waals surface area contributed by atoms with Crippen LogP contribution in [0.25, 0.3) is 0 Å². The molecule has 0 amide bonds. The Morgan fingerprint density at radius 1 is 1.54 bits per heavy atom. The number of hydrogen-bond donors (Lipinski definition) is 1. The van der Waals surface area contributed by atoms with Gasteiger partial charge in [0.2, 0.25) is 0 Å². The largest absolute Gasteiger partial charge is 0.302 e. The highest BCUT2D eigenvalue weighted by Crippen LogP contribution is 2.44. The van der Waals surface area contributed by atoms with Crippen LogP contribution in [0.4, 0.5) is 0 Å². The predicted octanol–water partition coefficient (Wildman–Crippen LogP) is 2.44. The van der Waals surface area contributed by atoms with Gasteiger partial charge >= 0.3 is 0 Å². The highest BCUT2D eigenvalue weighted by atomic mass is 80.0. The fourth-order valence-electron chi connectivity index (χ4n) is 0.540. The van der Waals surface area contributed by atoms with E-state index in [1.54, 1.807) is 6.20 Å². The van der Waals surface area contributed by atoms with E-state index in [1.165, 1.54) is 0 Å². The molecule has 1 N–H and O–H groups in total. The van der Waals surface area contributed by atoms with Crippen LogP contribution in [0.15, 0.2) is 11.1 Å². The minimum absolute atomic E-state index is 0.875. The van der Waals surface area contributed by atoms with Gasteiger partial charge in [0.1, 0.15) is 0 Å². The lowest BCUT2D eigenvalue weighted by Crippen LogP contribution is -2.37. The molecule has 0 aliphatic carbocycles. The summed E-state index contributed by atoms with van der Waals surface area (Å²) in [4.78, 5) is 0.875. The molecule has 0 fully saturated rings. The number of hydrazine groups is 1. The molecule has 0 unspecified atom stereocenters. The molecular formula is C4H5Br3N2O2S2. The average molecular weight is 417 g/mol. The van der Waals surface area contributed by atoms with Gasteiger partial charge in [-0.3, -0.25) is 0 Å². The van der Waals surface area contributed by atoms with E-state index < -0.39 is 11.5 Å². The van der Waals surface area contributed by atoms with E-state index >= 15 is 0 Å². The number of rotatable bonds is 1. The van der Waals surface area contributed by atoms with Gasteiger partial charge in [-0.25, -0.2) is 8.42 Å². The van der Waals surface area contributed by atoms with Gasteiger partial charge in [0.25, 0.3) is 11.5 Å². The maximum absolute atomic E-state index is 11.7. The zero-order chi connectivity index (χ0) is 10.3. The van der Waals surface area contributed by atoms with Crippen LogP contribution in [0.1, 0.15) is 6.92 Å². The summed E-state index contributed by atoms with van der Waals surface area (Å²) in [6, 6.07) is 0. The van der Waals surface area contributed by atoms with E-state index in [0.717, 1.165) is 20.7 Å². The molecule has 9 heteroatoms. The molecule has 0 aromatic heterocycles. The van der Waals surface area contributed by atoms with Crippen LogP contribution in [-0.4, -0.2) is 13.7 Å². The third-order valence-corrected chi connectivity index (χ3v) is 7.41. The van der Waals surface area contributed by atoms with Crippen LogP contribution in [0, 0.1) is 0 Å². The Hall–Kier alpha value is 1.24.